The van der Waals surface area contributed by atoms with Gasteiger partial charge >= 0.3 is 0 Å². The summed E-state index contributed by atoms with van der Waals surface area (Å²) in [5.74, 6) is 0.355. The molecule has 1 saturated carbocycles. The molecular formula is C21H24BrClN6. The summed E-state index contributed by atoms with van der Waals surface area (Å²) < 4.78 is 2.76. The Morgan fingerprint density at radius 1 is 1.34 bits per heavy atom. The van der Waals surface area contributed by atoms with Crippen molar-refractivity contribution in [2.45, 2.75) is 38.8 Å². The molecule has 2 atom stereocenters. The first-order valence-electron chi connectivity index (χ1n) is 9.55. The molecule has 2 aromatic heterocycles. The average Bonchev–Trinajstić information content (AvgIpc) is 3.17. The van der Waals surface area contributed by atoms with E-state index in [1.54, 1.807) is 12.3 Å². The highest BCUT2D eigenvalue weighted by Gasteiger charge is 2.41. The predicted molar refractivity (Wildman–Crippen MR) is 123 cm³/mol. The molecule has 0 spiro atoms. The highest BCUT2D eigenvalue weighted by atomic mass is 79.9. The summed E-state index contributed by atoms with van der Waals surface area (Å²) in [6.07, 6.45) is 5.62. The lowest BCUT2D eigenvalue weighted by Crippen LogP contribution is -2.42. The smallest absolute Gasteiger partial charge is 0.135 e. The van der Waals surface area contributed by atoms with Crippen LogP contribution in [-0.4, -0.2) is 27.5 Å². The molecule has 0 aliphatic heterocycles. The minimum Gasteiger partial charge on any atom is -0.383 e. The molecule has 152 valence electrons. The minimum atomic E-state index is -0.0456. The van der Waals surface area contributed by atoms with Gasteiger partial charge in [-0.25, -0.2) is 9.51 Å². The van der Waals surface area contributed by atoms with Gasteiger partial charge in [0.2, 0.25) is 0 Å². The quantitative estimate of drug-likeness (QED) is 0.376. The number of halogens is 2. The fourth-order valence-corrected chi connectivity index (χ4v) is 4.47. The van der Waals surface area contributed by atoms with Crippen LogP contribution in [0.4, 0.5) is 11.4 Å². The van der Waals surface area contributed by atoms with Crippen molar-refractivity contribution in [3.05, 3.63) is 57.8 Å². The van der Waals surface area contributed by atoms with Gasteiger partial charge in [-0.15, -0.1) is 0 Å². The highest BCUT2D eigenvalue weighted by molar-refractivity contribution is 9.10. The zero-order chi connectivity index (χ0) is 20.8. The van der Waals surface area contributed by atoms with E-state index in [0.717, 1.165) is 34.1 Å². The van der Waals surface area contributed by atoms with Gasteiger partial charge in [-0.2, -0.15) is 5.10 Å². The van der Waals surface area contributed by atoms with Crippen LogP contribution in [0.1, 0.15) is 32.3 Å². The number of anilines is 1. The molecule has 0 amide bonds. The van der Waals surface area contributed by atoms with Gasteiger partial charge in [-0.05, 0) is 52.4 Å². The second-order valence-corrected chi connectivity index (χ2v) is 9.39. The summed E-state index contributed by atoms with van der Waals surface area (Å²) in [6.45, 7) is 4.41. The molecule has 0 saturated heterocycles. The molecule has 5 N–H and O–H groups in total. The lowest BCUT2D eigenvalue weighted by molar-refractivity contribution is 0.308. The summed E-state index contributed by atoms with van der Waals surface area (Å²) in [7, 11) is 0. The van der Waals surface area contributed by atoms with Crippen LogP contribution < -0.4 is 16.8 Å². The van der Waals surface area contributed by atoms with E-state index in [-0.39, 0.29) is 17.5 Å². The van der Waals surface area contributed by atoms with Gasteiger partial charge in [0.25, 0.3) is 0 Å². The molecule has 6 nitrogen and oxygen atoms in total. The average molecular weight is 476 g/mol. The molecule has 0 radical (unpaired) electrons. The summed E-state index contributed by atoms with van der Waals surface area (Å²) in [4.78, 5) is 4.57. The highest BCUT2D eigenvalue weighted by Crippen LogP contribution is 2.40. The van der Waals surface area contributed by atoms with Crippen molar-refractivity contribution < 1.29 is 0 Å². The Hall–Kier alpha value is -2.09. The van der Waals surface area contributed by atoms with Gasteiger partial charge in [0.15, 0.2) is 0 Å². The van der Waals surface area contributed by atoms with Crippen LogP contribution in [0.15, 0.2) is 52.2 Å². The van der Waals surface area contributed by atoms with Crippen molar-refractivity contribution in [2.24, 2.45) is 21.9 Å². The van der Waals surface area contributed by atoms with E-state index in [0.29, 0.717) is 16.5 Å². The number of aliphatic imine (C=N–C) groups is 1. The molecule has 8 heteroatoms. The maximum absolute atomic E-state index is 6.43. The van der Waals surface area contributed by atoms with Crippen LogP contribution in [0.25, 0.3) is 5.52 Å². The summed E-state index contributed by atoms with van der Waals surface area (Å²) >= 11 is 9.81. The van der Waals surface area contributed by atoms with E-state index in [9.17, 15) is 0 Å². The third kappa shape index (κ3) is 3.74. The monoisotopic (exact) mass is 474 g/mol. The third-order valence-electron chi connectivity index (χ3n) is 5.91. The van der Waals surface area contributed by atoms with Gasteiger partial charge in [-0.3, -0.25) is 0 Å². The Morgan fingerprint density at radius 2 is 2.10 bits per heavy atom. The number of rotatable bonds is 4. The number of fused-ring (bicyclic) bond motifs is 1. The number of hydrogen-bond acceptors (Lipinski definition) is 4. The number of amidine groups is 1. The second kappa shape index (κ2) is 7.63. The first-order chi connectivity index (χ1) is 13.8. The third-order valence-corrected chi connectivity index (χ3v) is 6.67. The molecule has 1 aliphatic carbocycles. The van der Waals surface area contributed by atoms with Crippen molar-refractivity contribution in [2.75, 3.05) is 5.32 Å². The number of nitrogens with one attached hydrogen (secondary N) is 1. The molecule has 2 unspecified atom stereocenters. The van der Waals surface area contributed by atoms with Crippen LogP contribution in [0.3, 0.4) is 0 Å². The first kappa shape index (κ1) is 20.2. The SMILES string of the molecule is CC1(C)C(N)CCC1Nc1c(/C(N)=N/c2ccccc2Cl)cnn2cc(Br)cc12. The zero-order valence-corrected chi connectivity index (χ0v) is 18.7. The lowest BCUT2D eigenvalue weighted by atomic mass is 9.84. The van der Waals surface area contributed by atoms with Crippen molar-refractivity contribution >= 4 is 50.3 Å². The van der Waals surface area contributed by atoms with Gasteiger partial charge in [-0.1, -0.05) is 37.6 Å². The number of aromatic nitrogens is 2. The topological polar surface area (TPSA) is 93.7 Å². The van der Waals surface area contributed by atoms with Crippen LogP contribution >= 0.6 is 27.5 Å². The normalized spacial score (nSPS) is 21.6. The number of para-hydroxylation sites is 1. The molecule has 1 aliphatic rings. The molecule has 1 aromatic carbocycles. The Kier molecular flexibility index (Phi) is 5.31. The van der Waals surface area contributed by atoms with Crippen LogP contribution in [0.5, 0.6) is 0 Å². The Bertz CT molecular complexity index is 1090. The number of benzene rings is 1. The fourth-order valence-electron chi connectivity index (χ4n) is 3.88. The van der Waals surface area contributed by atoms with E-state index in [2.05, 4.69) is 45.2 Å². The Balaban J connectivity index is 1.82. The second-order valence-electron chi connectivity index (χ2n) is 8.07. The van der Waals surface area contributed by atoms with Crippen molar-refractivity contribution in [3.8, 4) is 0 Å². The molecule has 0 bridgehead atoms. The molecule has 2 heterocycles. The fraction of sp³-hybridized carbons (Fsp3) is 0.333. The van der Waals surface area contributed by atoms with Gasteiger partial charge in [0.1, 0.15) is 5.84 Å². The van der Waals surface area contributed by atoms with Crippen LogP contribution in [-0.2, 0) is 0 Å². The largest absolute Gasteiger partial charge is 0.383 e. The summed E-state index contributed by atoms with van der Waals surface area (Å²) in [5.41, 5.74) is 15.9. The predicted octanol–water partition coefficient (Wildman–Crippen LogP) is 4.72. The maximum Gasteiger partial charge on any atom is 0.135 e. The van der Waals surface area contributed by atoms with Crippen LogP contribution in [0, 0.1) is 5.41 Å². The molecule has 3 aromatic rings. The first-order valence-corrected chi connectivity index (χ1v) is 10.7. The van der Waals surface area contributed by atoms with Gasteiger partial charge in [0, 0.05) is 22.8 Å². The zero-order valence-electron chi connectivity index (χ0n) is 16.4. The maximum atomic E-state index is 6.43. The standard InChI is InChI=1S/C21H24BrClN6/c1-21(2)17(24)7-8-18(21)28-19-13(10-26-29-11-12(22)9-16(19)29)20(25)27-15-6-4-3-5-14(15)23/h3-6,9-11,17-18,28H,7-8,24H2,1-2H3,(H2,25,27). The Morgan fingerprint density at radius 3 is 2.79 bits per heavy atom. The molecule has 1 fully saturated rings. The minimum absolute atomic E-state index is 0.0456. The lowest BCUT2D eigenvalue weighted by Gasteiger charge is -2.32. The molecular weight excluding hydrogens is 452 g/mol. The van der Waals surface area contributed by atoms with Crippen molar-refractivity contribution in [3.63, 3.8) is 0 Å². The summed E-state index contributed by atoms with van der Waals surface area (Å²) in [5, 5.41) is 8.76. The van der Waals surface area contributed by atoms with E-state index in [1.165, 1.54) is 0 Å². The van der Waals surface area contributed by atoms with Crippen LogP contribution in [0.2, 0.25) is 5.02 Å². The van der Waals surface area contributed by atoms with E-state index in [1.807, 2.05) is 35.0 Å². The number of nitrogens with zero attached hydrogens (tertiary/aromatic N) is 3. The number of hydrogen-bond donors (Lipinski definition) is 3. The number of nitrogens with two attached hydrogens (primary N) is 2. The van der Waals surface area contributed by atoms with Crippen molar-refractivity contribution in [1.29, 1.82) is 0 Å². The Labute approximate surface area is 183 Å². The molecule has 29 heavy (non-hydrogen) atoms. The van der Waals surface area contributed by atoms with Gasteiger partial charge < -0.3 is 16.8 Å². The van der Waals surface area contributed by atoms with E-state index in [4.69, 9.17) is 23.1 Å². The van der Waals surface area contributed by atoms with Gasteiger partial charge in [0.05, 0.1) is 33.7 Å². The molecule has 4 rings (SSSR count). The van der Waals surface area contributed by atoms with E-state index < -0.39 is 0 Å². The summed E-state index contributed by atoms with van der Waals surface area (Å²) in [6, 6.07) is 9.75. The van der Waals surface area contributed by atoms with E-state index >= 15 is 0 Å². The van der Waals surface area contributed by atoms with Crippen molar-refractivity contribution in [1.82, 2.24) is 9.61 Å².